The van der Waals surface area contributed by atoms with Crippen LogP contribution in [0.15, 0.2) is 239 Å². The summed E-state index contributed by atoms with van der Waals surface area (Å²) in [6.07, 6.45) is 0. The third-order valence-corrected chi connectivity index (χ3v) is 11.3. The first kappa shape index (κ1) is 45.1. The molecule has 64 heavy (non-hydrogen) atoms. The van der Waals surface area contributed by atoms with Crippen molar-refractivity contribution >= 4 is 43.4 Å². The number of aromatic nitrogens is 2. The number of carbonyl (C=O) groups is 2. The molecule has 1 heterocycles. The van der Waals surface area contributed by atoms with Crippen molar-refractivity contribution in [1.29, 1.82) is 0 Å². The van der Waals surface area contributed by atoms with Crippen LogP contribution in [-0.4, -0.2) is 21.5 Å². The van der Waals surface area contributed by atoms with E-state index in [9.17, 15) is 9.59 Å². The van der Waals surface area contributed by atoms with Crippen molar-refractivity contribution in [1.82, 2.24) is 9.97 Å². The molecule has 6 nitrogen and oxygen atoms in total. The van der Waals surface area contributed by atoms with Crippen LogP contribution in [-0.2, 0) is 0 Å². The predicted octanol–water partition coefficient (Wildman–Crippen LogP) is 13.8. The van der Waals surface area contributed by atoms with E-state index in [4.69, 9.17) is 21.4 Å². The van der Waals surface area contributed by atoms with Gasteiger partial charge in [-0.3, -0.25) is 9.59 Å². The molecule has 0 amide bonds. The number of ketones is 2. The van der Waals surface area contributed by atoms with Gasteiger partial charge in [0.05, 0.1) is 22.8 Å². The molecule has 4 N–H and O–H groups in total. The summed E-state index contributed by atoms with van der Waals surface area (Å²) in [6.45, 7) is 0. The molecule has 314 valence electrons. The van der Waals surface area contributed by atoms with E-state index >= 15 is 0 Å². The lowest BCUT2D eigenvalue weighted by Gasteiger charge is -2.20. The molecule has 9 rings (SSSR count). The maximum atomic E-state index is 11.9. The van der Waals surface area contributed by atoms with Gasteiger partial charge in [-0.2, -0.15) is 0 Å². The van der Waals surface area contributed by atoms with Crippen molar-refractivity contribution in [2.45, 2.75) is 12.1 Å². The molecule has 0 bridgehead atoms. The number of carbonyl (C=O) groups excluding carboxylic acids is 2. The Kier molecular flexibility index (Phi) is 15.8. The molecule has 0 aliphatic carbocycles. The number of hydrogen-bond acceptors (Lipinski definition) is 6. The largest absolute Gasteiger partial charge is 0.322 e. The molecule has 8 aromatic carbocycles. The SMILES string of the molecule is Brc1ccc(-c2nc(-c3ccccc3)c(-c3ccccc3)nc2-c2ccccc2)cc1.NC(c1ccccc1)C(N)c1ccccc1.O=C(C(=O)c1ccc(Br)cc1)c1ccccc1. The van der Waals surface area contributed by atoms with Crippen molar-refractivity contribution in [3.05, 3.63) is 262 Å². The third kappa shape index (κ3) is 11.7. The lowest BCUT2D eigenvalue weighted by molar-refractivity contribution is 0.0817. The average Bonchev–Trinajstić information content (AvgIpc) is 3.37. The zero-order valence-electron chi connectivity index (χ0n) is 34.7. The second-order valence-corrected chi connectivity index (χ2v) is 16.5. The van der Waals surface area contributed by atoms with Crippen molar-refractivity contribution in [2.75, 3.05) is 0 Å². The van der Waals surface area contributed by atoms with Gasteiger partial charge in [-0.25, -0.2) is 9.97 Å². The summed E-state index contributed by atoms with van der Waals surface area (Å²) in [7, 11) is 0. The summed E-state index contributed by atoms with van der Waals surface area (Å²) in [5.41, 5.74) is 22.9. The number of rotatable bonds is 10. The molecule has 0 aliphatic rings. The first-order valence-electron chi connectivity index (χ1n) is 20.6. The number of nitrogens with zero attached hydrogens (tertiary/aromatic N) is 2. The van der Waals surface area contributed by atoms with Crippen LogP contribution >= 0.6 is 31.9 Å². The van der Waals surface area contributed by atoms with Crippen molar-refractivity contribution in [3.63, 3.8) is 0 Å². The van der Waals surface area contributed by atoms with E-state index in [1.54, 1.807) is 54.6 Å². The summed E-state index contributed by atoms with van der Waals surface area (Å²) < 4.78 is 1.91. The minimum atomic E-state index is -0.483. The van der Waals surface area contributed by atoms with E-state index in [2.05, 4.69) is 80.4 Å². The van der Waals surface area contributed by atoms with Crippen LogP contribution in [0.25, 0.3) is 45.0 Å². The Morgan fingerprint density at radius 1 is 0.328 bits per heavy atom. The molecule has 0 fully saturated rings. The third-order valence-electron chi connectivity index (χ3n) is 10.3. The van der Waals surface area contributed by atoms with E-state index in [1.165, 1.54) is 0 Å². The Balaban J connectivity index is 0.000000157. The molecule has 2 atom stereocenters. The van der Waals surface area contributed by atoms with E-state index < -0.39 is 11.6 Å². The molecule has 0 radical (unpaired) electrons. The minimum Gasteiger partial charge on any atom is -0.322 e. The van der Waals surface area contributed by atoms with Gasteiger partial charge in [0, 0.05) is 54.4 Å². The standard InChI is InChI=1S/C28H19BrN2.C14H9BrO2.C14H16N2/c29-24-18-16-23(17-19-24)28-27(22-14-8-3-9-15-22)30-25(20-10-4-1-5-11-20)26(31-28)21-12-6-2-7-13-21;15-12-8-6-11(7-9-12)14(17)13(16)10-4-2-1-3-5-10;15-13(11-7-3-1-4-8-11)14(16)12-9-5-2-6-10-12/h1-19H;1-9H;1-10,13-14H,15-16H2. The molecule has 9 aromatic rings. The molecular formula is C56H44Br2N4O2. The summed E-state index contributed by atoms with van der Waals surface area (Å²) in [4.78, 5) is 34.2. The van der Waals surface area contributed by atoms with Gasteiger partial charge < -0.3 is 11.5 Å². The van der Waals surface area contributed by atoms with Crippen LogP contribution in [0.4, 0.5) is 0 Å². The number of halogens is 2. The Morgan fingerprint density at radius 2 is 0.578 bits per heavy atom. The molecule has 1 aromatic heterocycles. The van der Waals surface area contributed by atoms with Gasteiger partial charge in [-0.15, -0.1) is 0 Å². The van der Waals surface area contributed by atoms with Crippen LogP contribution in [0, 0.1) is 0 Å². The van der Waals surface area contributed by atoms with Crippen LogP contribution in [0.3, 0.4) is 0 Å². The summed E-state index contributed by atoms with van der Waals surface area (Å²) in [5, 5.41) is 0. The molecule has 0 saturated heterocycles. The van der Waals surface area contributed by atoms with Gasteiger partial charge in [0.25, 0.3) is 0 Å². The lowest BCUT2D eigenvalue weighted by Crippen LogP contribution is -2.26. The fourth-order valence-electron chi connectivity index (χ4n) is 6.85. The topological polar surface area (TPSA) is 112 Å². The Morgan fingerprint density at radius 3 is 0.906 bits per heavy atom. The van der Waals surface area contributed by atoms with Gasteiger partial charge in [0.1, 0.15) is 0 Å². The highest BCUT2D eigenvalue weighted by atomic mass is 79.9. The number of benzene rings is 8. The normalized spacial score (nSPS) is 11.4. The summed E-state index contributed by atoms with van der Waals surface area (Å²) in [5.74, 6) is -0.961. The second-order valence-electron chi connectivity index (χ2n) is 14.6. The van der Waals surface area contributed by atoms with Gasteiger partial charge in [-0.1, -0.05) is 226 Å². The lowest BCUT2D eigenvalue weighted by atomic mass is 9.95. The fourth-order valence-corrected chi connectivity index (χ4v) is 7.38. The Labute approximate surface area is 391 Å². The summed E-state index contributed by atoms with van der Waals surface area (Å²) in [6, 6.07) is 73.9. The van der Waals surface area contributed by atoms with Gasteiger partial charge >= 0.3 is 0 Å². The molecule has 0 saturated carbocycles. The number of Topliss-reactive ketones (excluding diaryl/α,β-unsaturated/α-hetero) is 2. The smallest absolute Gasteiger partial charge is 0.233 e. The fraction of sp³-hybridized carbons (Fsp3) is 0.0357. The van der Waals surface area contributed by atoms with E-state index in [0.29, 0.717) is 11.1 Å². The quantitative estimate of drug-likeness (QED) is 0.104. The Bertz CT molecular complexity index is 2830. The van der Waals surface area contributed by atoms with Crippen LogP contribution in [0.1, 0.15) is 43.9 Å². The average molecular weight is 965 g/mol. The van der Waals surface area contributed by atoms with Gasteiger partial charge in [-0.05, 0) is 47.5 Å². The minimum absolute atomic E-state index is 0.163. The molecule has 0 spiro atoms. The van der Waals surface area contributed by atoms with Crippen molar-refractivity contribution in [3.8, 4) is 45.0 Å². The van der Waals surface area contributed by atoms with Gasteiger partial charge in [0.15, 0.2) is 0 Å². The predicted molar refractivity (Wildman–Crippen MR) is 267 cm³/mol. The van der Waals surface area contributed by atoms with Gasteiger partial charge in [0.2, 0.25) is 11.6 Å². The zero-order chi connectivity index (χ0) is 44.7. The highest BCUT2D eigenvalue weighted by Crippen LogP contribution is 2.37. The van der Waals surface area contributed by atoms with E-state index in [0.717, 1.165) is 65.1 Å². The van der Waals surface area contributed by atoms with E-state index in [1.807, 2.05) is 127 Å². The van der Waals surface area contributed by atoms with E-state index in [-0.39, 0.29) is 12.1 Å². The monoisotopic (exact) mass is 962 g/mol. The molecular weight excluding hydrogens is 920 g/mol. The maximum absolute atomic E-state index is 11.9. The maximum Gasteiger partial charge on any atom is 0.233 e. The second kappa shape index (κ2) is 22.4. The molecule has 0 aliphatic heterocycles. The molecule has 8 heteroatoms. The summed E-state index contributed by atoms with van der Waals surface area (Å²) >= 11 is 6.82. The first-order chi connectivity index (χ1) is 31.3. The van der Waals surface area contributed by atoms with Crippen LogP contribution < -0.4 is 11.5 Å². The van der Waals surface area contributed by atoms with Crippen LogP contribution in [0.2, 0.25) is 0 Å². The van der Waals surface area contributed by atoms with Crippen LogP contribution in [0.5, 0.6) is 0 Å². The highest BCUT2D eigenvalue weighted by molar-refractivity contribution is 9.10. The number of nitrogens with two attached hydrogens (primary N) is 2. The highest BCUT2D eigenvalue weighted by Gasteiger charge is 2.20. The van der Waals surface area contributed by atoms with Crippen molar-refractivity contribution < 1.29 is 9.59 Å². The first-order valence-corrected chi connectivity index (χ1v) is 22.2. The molecule has 2 unspecified atom stereocenters. The zero-order valence-corrected chi connectivity index (χ0v) is 37.9. The van der Waals surface area contributed by atoms with Crippen molar-refractivity contribution in [2.24, 2.45) is 11.5 Å². The Hall–Kier alpha value is -6.94. The number of hydrogen-bond donors (Lipinski definition) is 2.